The molecule has 3 rings (SSSR count). The van der Waals surface area contributed by atoms with E-state index in [0.29, 0.717) is 17.8 Å². The smallest absolute Gasteiger partial charge is 0.190 e. The molecule has 1 aromatic heterocycles. The Morgan fingerprint density at radius 1 is 1.09 bits per heavy atom. The van der Waals surface area contributed by atoms with E-state index in [2.05, 4.69) is 31.7 Å². The zero-order chi connectivity index (χ0) is 22.6. The lowest BCUT2D eigenvalue weighted by atomic mass is 10.1. The number of halogens is 1. The quantitative estimate of drug-likeness (QED) is 0.187. The molecule has 1 fully saturated rings. The minimum absolute atomic E-state index is 0. The lowest BCUT2D eigenvalue weighted by Crippen LogP contribution is -2.39. The van der Waals surface area contributed by atoms with E-state index in [1.165, 1.54) is 38.8 Å². The number of nitrogens with two attached hydrogens (primary N) is 1. The van der Waals surface area contributed by atoms with Crippen molar-refractivity contribution in [2.24, 2.45) is 4.99 Å². The third-order valence-electron chi connectivity index (χ3n) is 5.85. The fourth-order valence-corrected chi connectivity index (χ4v) is 4.09. The van der Waals surface area contributed by atoms with Gasteiger partial charge in [0, 0.05) is 20.1 Å². The summed E-state index contributed by atoms with van der Waals surface area (Å²) < 4.78 is 1.64. The molecule has 0 amide bonds. The first-order chi connectivity index (χ1) is 15.7. The summed E-state index contributed by atoms with van der Waals surface area (Å²) in [6, 6.07) is 11.9. The summed E-state index contributed by atoms with van der Waals surface area (Å²) in [5.41, 5.74) is 8.23. The first kappa shape index (κ1) is 26.9. The Hall–Kier alpha value is -2.32. The van der Waals surface area contributed by atoms with Crippen LogP contribution in [0, 0.1) is 11.3 Å². The summed E-state index contributed by atoms with van der Waals surface area (Å²) >= 11 is 0. The van der Waals surface area contributed by atoms with Crippen LogP contribution in [0.2, 0.25) is 0 Å². The van der Waals surface area contributed by atoms with Gasteiger partial charge >= 0.3 is 0 Å². The number of guanidine groups is 1. The molecule has 0 saturated carbocycles. The Balaban J connectivity index is 0.00000385. The maximum Gasteiger partial charge on any atom is 0.190 e. The van der Waals surface area contributed by atoms with Crippen molar-refractivity contribution >= 4 is 35.8 Å². The molecule has 0 unspecified atom stereocenters. The van der Waals surface area contributed by atoms with Gasteiger partial charge in [0.2, 0.25) is 0 Å². The van der Waals surface area contributed by atoms with Gasteiger partial charge in [-0.3, -0.25) is 4.99 Å². The minimum Gasteiger partial charge on any atom is -0.382 e. The summed E-state index contributed by atoms with van der Waals surface area (Å²) in [6.07, 6.45) is 8.03. The van der Waals surface area contributed by atoms with Crippen LogP contribution < -0.4 is 16.4 Å². The zero-order valence-electron chi connectivity index (χ0n) is 19.6. The summed E-state index contributed by atoms with van der Waals surface area (Å²) in [5.74, 6) is 1.21. The van der Waals surface area contributed by atoms with Gasteiger partial charge in [0.05, 0.1) is 11.4 Å². The lowest BCUT2D eigenvalue weighted by Gasteiger charge is -2.20. The number of para-hydroxylation sites is 1. The Bertz CT molecular complexity index is 895. The van der Waals surface area contributed by atoms with Gasteiger partial charge in [0.15, 0.2) is 5.96 Å². The van der Waals surface area contributed by atoms with Crippen molar-refractivity contribution in [3.63, 3.8) is 0 Å². The van der Waals surface area contributed by atoms with Crippen molar-refractivity contribution in [2.75, 3.05) is 45.5 Å². The van der Waals surface area contributed by atoms with Crippen molar-refractivity contribution in [3.05, 3.63) is 41.6 Å². The largest absolute Gasteiger partial charge is 0.382 e. The number of nitrogens with one attached hydrogen (secondary N) is 2. The maximum absolute atomic E-state index is 9.54. The van der Waals surface area contributed by atoms with Crippen LogP contribution in [-0.2, 0) is 6.42 Å². The topological polar surface area (TPSA) is 107 Å². The van der Waals surface area contributed by atoms with Gasteiger partial charge in [-0.25, -0.2) is 4.68 Å². The zero-order valence-corrected chi connectivity index (χ0v) is 21.9. The number of nitriles is 1. The first-order valence-corrected chi connectivity index (χ1v) is 11.7. The fraction of sp³-hybridized carbons (Fsp3) is 0.542. The second kappa shape index (κ2) is 14.8. The van der Waals surface area contributed by atoms with Crippen LogP contribution in [0.3, 0.4) is 0 Å². The van der Waals surface area contributed by atoms with Crippen LogP contribution in [-0.4, -0.2) is 60.4 Å². The molecule has 180 valence electrons. The Morgan fingerprint density at radius 3 is 2.39 bits per heavy atom. The first-order valence-electron chi connectivity index (χ1n) is 11.7. The van der Waals surface area contributed by atoms with Crippen LogP contribution >= 0.6 is 24.0 Å². The number of nitrogens with zero attached hydrogens (tertiary/aromatic N) is 5. The highest BCUT2D eigenvalue weighted by Crippen LogP contribution is 2.21. The Labute approximate surface area is 214 Å². The average Bonchev–Trinajstić information content (AvgIpc) is 2.97. The number of rotatable bonds is 9. The van der Waals surface area contributed by atoms with Gasteiger partial charge in [-0.1, -0.05) is 31.0 Å². The van der Waals surface area contributed by atoms with Gasteiger partial charge in [-0.05, 0) is 63.9 Å². The molecule has 4 N–H and O–H groups in total. The molecule has 1 aliphatic heterocycles. The molecular formula is C24H37IN8. The van der Waals surface area contributed by atoms with Gasteiger partial charge in [0.25, 0.3) is 0 Å². The highest BCUT2D eigenvalue weighted by Gasteiger charge is 2.16. The number of aromatic nitrogens is 2. The molecule has 0 radical (unpaired) electrons. The molecule has 1 saturated heterocycles. The molecule has 2 heterocycles. The second-order valence-electron chi connectivity index (χ2n) is 8.20. The summed E-state index contributed by atoms with van der Waals surface area (Å²) in [4.78, 5) is 6.89. The molecule has 8 nitrogen and oxygen atoms in total. The molecule has 33 heavy (non-hydrogen) atoms. The third-order valence-corrected chi connectivity index (χ3v) is 5.85. The molecule has 0 aliphatic carbocycles. The van der Waals surface area contributed by atoms with Crippen molar-refractivity contribution in [2.45, 2.75) is 44.9 Å². The Kier molecular flexibility index (Phi) is 12.0. The van der Waals surface area contributed by atoms with E-state index in [9.17, 15) is 5.26 Å². The molecule has 0 bridgehead atoms. The SMILES string of the molecule is CN=C(NCCCc1nn(-c2ccccc2)c(N)c1C#N)NCCCN1CCCCCC1.I. The highest BCUT2D eigenvalue weighted by molar-refractivity contribution is 14.0. The molecule has 1 aliphatic rings. The van der Waals surface area contributed by atoms with Crippen molar-refractivity contribution < 1.29 is 0 Å². The highest BCUT2D eigenvalue weighted by atomic mass is 127. The number of hydrogen-bond donors (Lipinski definition) is 3. The average molecular weight is 565 g/mol. The van der Waals surface area contributed by atoms with E-state index < -0.39 is 0 Å². The molecule has 9 heteroatoms. The van der Waals surface area contributed by atoms with Crippen LogP contribution in [0.4, 0.5) is 5.82 Å². The normalized spacial score (nSPS) is 14.7. The van der Waals surface area contributed by atoms with E-state index in [1.807, 2.05) is 30.3 Å². The summed E-state index contributed by atoms with van der Waals surface area (Å²) in [7, 11) is 1.79. The third kappa shape index (κ3) is 8.19. The number of benzene rings is 1. The molecule has 1 aromatic carbocycles. The number of likely N-dealkylation sites (tertiary alicyclic amines) is 1. The van der Waals surface area contributed by atoms with Gasteiger partial charge in [-0.2, -0.15) is 10.4 Å². The maximum atomic E-state index is 9.54. The standard InChI is InChI=1S/C24H36N8.HI/c1-27-24(29-15-10-18-31-16-7-2-3-8-17-31)28-14-9-13-22-21(19-25)23(26)32(30-22)20-11-5-4-6-12-20;/h4-6,11-12H,2-3,7-10,13-18,26H2,1H3,(H2,27,28,29);1H. The molecule has 2 aromatic rings. The van der Waals surface area contributed by atoms with Crippen molar-refractivity contribution in [3.8, 4) is 11.8 Å². The van der Waals surface area contributed by atoms with Crippen LogP contribution in [0.5, 0.6) is 0 Å². The molecular weight excluding hydrogens is 527 g/mol. The van der Waals surface area contributed by atoms with Gasteiger partial charge in [0.1, 0.15) is 17.5 Å². The Morgan fingerprint density at radius 2 is 1.76 bits per heavy atom. The molecule has 0 atom stereocenters. The fourth-order valence-electron chi connectivity index (χ4n) is 4.09. The van der Waals surface area contributed by atoms with E-state index in [0.717, 1.165) is 49.8 Å². The monoisotopic (exact) mass is 564 g/mol. The van der Waals surface area contributed by atoms with E-state index >= 15 is 0 Å². The van der Waals surface area contributed by atoms with Crippen molar-refractivity contribution in [1.29, 1.82) is 5.26 Å². The number of aliphatic imine (C=N–C) groups is 1. The minimum atomic E-state index is 0. The van der Waals surface area contributed by atoms with E-state index in [4.69, 9.17) is 5.73 Å². The van der Waals surface area contributed by atoms with E-state index in [-0.39, 0.29) is 24.0 Å². The van der Waals surface area contributed by atoms with Crippen molar-refractivity contribution in [1.82, 2.24) is 25.3 Å². The number of aryl methyl sites for hydroxylation is 1. The lowest BCUT2D eigenvalue weighted by molar-refractivity contribution is 0.282. The van der Waals surface area contributed by atoms with Crippen LogP contribution in [0.25, 0.3) is 5.69 Å². The predicted octanol–water partition coefficient (Wildman–Crippen LogP) is 3.31. The number of nitrogen functional groups attached to an aromatic ring is 1. The van der Waals surface area contributed by atoms with Crippen LogP contribution in [0.1, 0.15) is 49.8 Å². The van der Waals surface area contributed by atoms with Crippen LogP contribution in [0.15, 0.2) is 35.3 Å². The summed E-state index contributed by atoms with van der Waals surface area (Å²) in [6.45, 7) is 5.28. The number of anilines is 1. The number of hydrogen-bond acceptors (Lipinski definition) is 5. The second-order valence-corrected chi connectivity index (χ2v) is 8.20. The molecule has 0 spiro atoms. The predicted molar refractivity (Wildman–Crippen MR) is 145 cm³/mol. The van der Waals surface area contributed by atoms with Gasteiger partial charge in [-0.15, -0.1) is 24.0 Å². The summed E-state index contributed by atoms with van der Waals surface area (Å²) in [5, 5.41) is 20.9. The van der Waals surface area contributed by atoms with Gasteiger partial charge < -0.3 is 21.3 Å². The van der Waals surface area contributed by atoms with E-state index in [1.54, 1.807) is 11.7 Å².